The van der Waals surface area contributed by atoms with Crippen molar-refractivity contribution in [3.63, 3.8) is 0 Å². The van der Waals surface area contributed by atoms with E-state index in [0.717, 1.165) is 59.9 Å². The molecule has 0 saturated carbocycles. The van der Waals surface area contributed by atoms with Crippen LogP contribution in [0.15, 0.2) is 63.8 Å². The molecule has 0 spiro atoms. The Morgan fingerprint density at radius 3 is 2.61 bits per heavy atom. The number of anilines is 1. The van der Waals surface area contributed by atoms with Gasteiger partial charge in [0.2, 0.25) is 0 Å². The number of aryl methyl sites for hydroxylation is 2. The van der Waals surface area contributed by atoms with Gasteiger partial charge in [-0.25, -0.2) is 14.6 Å². The number of benzene rings is 3. The molecule has 2 aromatic heterocycles. The number of carboxylic acid groups (broad SMARTS) is 1. The molecule has 0 radical (unpaired) electrons. The Hall–Kier alpha value is -3.97. The van der Waals surface area contributed by atoms with E-state index >= 15 is 0 Å². The molecule has 0 atom stereocenters. The van der Waals surface area contributed by atoms with Crippen LogP contribution in [0.3, 0.4) is 0 Å². The van der Waals surface area contributed by atoms with Gasteiger partial charge in [0.25, 0.3) is 0 Å². The van der Waals surface area contributed by atoms with Gasteiger partial charge in [0.1, 0.15) is 16.2 Å². The summed E-state index contributed by atoms with van der Waals surface area (Å²) in [6, 6.07) is 16.8. The third-order valence-electron chi connectivity index (χ3n) is 7.33. The number of aromatic carboxylic acids is 1. The molecule has 0 fully saturated rings. The van der Waals surface area contributed by atoms with Crippen molar-refractivity contribution in [2.75, 3.05) is 18.0 Å². The second-order valence-electron chi connectivity index (χ2n) is 9.41. The number of fused-ring (bicyclic) bond motifs is 3. The summed E-state index contributed by atoms with van der Waals surface area (Å²) < 4.78 is 7.07. The summed E-state index contributed by atoms with van der Waals surface area (Å²) in [4.78, 5) is 33.2. The van der Waals surface area contributed by atoms with E-state index in [1.165, 1.54) is 22.6 Å². The molecule has 0 amide bonds. The molecule has 5 aromatic rings. The molecule has 0 saturated heterocycles. The first-order chi connectivity index (χ1) is 17.6. The van der Waals surface area contributed by atoms with E-state index in [0.29, 0.717) is 27.3 Å². The largest absolute Gasteiger partial charge is 0.478 e. The van der Waals surface area contributed by atoms with Gasteiger partial charge in [0.05, 0.1) is 15.8 Å². The molecule has 6 nitrogen and oxygen atoms in total. The van der Waals surface area contributed by atoms with Gasteiger partial charge in [-0.05, 0) is 61.1 Å². The zero-order chi connectivity index (χ0) is 24.4. The monoisotopic (exact) mass is 494 g/mol. The summed E-state index contributed by atoms with van der Waals surface area (Å²) in [7, 11) is 0. The predicted octanol–water partition coefficient (Wildman–Crippen LogP) is 6.13. The minimum Gasteiger partial charge on any atom is -0.478 e. The lowest BCUT2D eigenvalue weighted by Gasteiger charge is -2.37. The Balaban J connectivity index is 1.65. The quantitative estimate of drug-likeness (QED) is 0.304. The topological polar surface area (TPSA) is 83.6 Å². The number of carbonyl (C=O) groups is 1. The molecule has 7 heteroatoms. The van der Waals surface area contributed by atoms with Crippen molar-refractivity contribution in [2.24, 2.45) is 0 Å². The molecule has 7 rings (SSSR count). The zero-order valence-corrected chi connectivity index (χ0v) is 20.2. The summed E-state index contributed by atoms with van der Waals surface area (Å²) in [5, 5.41) is 11.4. The Morgan fingerprint density at radius 1 is 1.00 bits per heavy atom. The molecular weight excluding hydrogens is 472 g/mol. The smallest absolute Gasteiger partial charge is 0.347 e. The molecular formula is C29H22N2O4S. The number of thiazole rings is 1. The van der Waals surface area contributed by atoms with Gasteiger partial charge >= 0.3 is 11.6 Å². The van der Waals surface area contributed by atoms with Crippen LogP contribution in [0.5, 0.6) is 0 Å². The summed E-state index contributed by atoms with van der Waals surface area (Å²) in [5.74, 6) is -1.03. The van der Waals surface area contributed by atoms with Gasteiger partial charge < -0.3 is 14.4 Å². The zero-order valence-electron chi connectivity index (χ0n) is 19.4. The lowest BCUT2D eigenvalue weighted by Crippen LogP contribution is -2.34. The van der Waals surface area contributed by atoms with Gasteiger partial charge in [-0.2, -0.15) is 0 Å². The first-order valence-electron chi connectivity index (χ1n) is 12.2. The average molecular weight is 495 g/mol. The van der Waals surface area contributed by atoms with E-state index in [-0.39, 0.29) is 5.56 Å². The van der Waals surface area contributed by atoms with Crippen LogP contribution in [0.25, 0.3) is 42.9 Å². The first-order valence-corrected chi connectivity index (χ1v) is 13.0. The first kappa shape index (κ1) is 21.3. The van der Waals surface area contributed by atoms with Crippen LogP contribution >= 0.6 is 11.3 Å². The molecule has 0 aliphatic carbocycles. The highest BCUT2D eigenvalue weighted by Crippen LogP contribution is 2.45. The maximum atomic E-state index is 13.8. The van der Waals surface area contributed by atoms with Gasteiger partial charge in [-0.3, -0.25) is 0 Å². The highest BCUT2D eigenvalue weighted by molar-refractivity contribution is 7.21. The highest BCUT2D eigenvalue weighted by atomic mass is 32.1. The van der Waals surface area contributed by atoms with Crippen LogP contribution in [0, 0.1) is 0 Å². The molecule has 0 unspecified atom stereocenters. The highest BCUT2D eigenvalue weighted by Gasteiger charge is 2.31. The number of carboxylic acids is 1. The fraction of sp³-hybridized carbons (Fsp3) is 0.207. The maximum absolute atomic E-state index is 13.8. The number of hydrogen-bond donors (Lipinski definition) is 1. The standard InChI is InChI=1S/C29H22N2O4S/c32-28(33)18-9-2-1-8-17(18)23-20-15-16-7-5-13-31-14-6-10-19(25(16)31)26(20)35-29(34)24(23)27-30-21-11-3-4-12-22(21)36-27/h1-4,8-9,11-12,15H,5-7,10,13-14H2,(H,32,33). The third-order valence-corrected chi connectivity index (χ3v) is 8.38. The SMILES string of the molecule is O=C(O)c1ccccc1-c1c(-c2nc3ccccc3s2)c(=O)oc2c3c4c(cc12)CCCN4CCC3. The Bertz CT molecular complexity index is 1730. The minimum atomic E-state index is -1.03. The van der Waals surface area contributed by atoms with Crippen molar-refractivity contribution in [1.82, 2.24) is 4.98 Å². The molecule has 178 valence electrons. The van der Waals surface area contributed by atoms with E-state index in [2.05, 4.69) is 11.0 Å². The third kappa shape index (κ3) is 3.12. The van der Waals surface area contributed by atoms with Crippen LogP contribution in [-0.2, 0) is 12.8 Å². The van der Waals surface area contributed by atoms with Crippen LogP contribution in [-0.4, -0.2) is 29.1 Å². The van der Waals surface area contributed by atoms with Crippen molar-refractivity contribution in [3.8, 4) is 21.7 Å². The lowest BCUT2D eigenvalue weighted by atomic mass is 9.86. The lowest BCUT2D eigenvalue weighted by molar-refractivity contribution is 0.0697. The molecule has 36 heavy (non-hydrogen) atoms. The summed E-state index contributed by atoms with van der Waals surface area (Å²) >= 11 is 1.42. The van der Waals surface area contributed by atoms with Crippen molar-refractivity contribution in [3.05, 3.63) is 81.7 Å². The van der Waals surface area contributed by atoms with Crippen molar-refractivity contribution < 1.29 is 14.3 Å². The summed E-state index contributed by atoms with van der Waals surface area (Å²) in [6.07, 6.45) is 3.85. The average Bonchev–Trinajstić information content (AvgIpc) is 3.32. The fourth-order valence-electron chi connectivity index (χ4n) is 5.85. The fourth-order valence-corrected chi connectivity index (χ4v) is 6.86. The second-order valence-corrected chi connectivity index (χ2v) is 10.4. The summed E-state index contributed by atoms with van der Waals surface area (Å²) in [6.45, 7) is 2.02. The maximum Gasteiger partial charge on any atom is 0.347 e. The Morgan fingerprint density at radius 2 is 1.78 bits per heavy atom. The van der Waals surface area contributed by atoms with E-state index in [4.69, 9.17) is 9.40 Å². The van der Waals surface area contributed by atoms with Crippen LogP contribution in [0.4, 0.5) is 5.69 Å². The van der Waals surface area contributed by atoms with E-state index in [1.54, 1.807) is 18.2 Å². The van der Waals surface area contributed by atoms with Crippen molar-refractivity contribution in [1.29, 1.82) is 0 Å². The van der Waals surface area contributed by atoms with Crippen molar-refractivity contribution in [2.45, 2.75) is 25.7 Å². The number of rotatable bonds is 3. The predicted molar refractivity (Wildman–Crippen MR) is 142 cm³/mol. The molecule has 3 aromatic carbocycles. The van der Waals surface area contributed by atoms with Crippen LogP contribution in [0.2, 0.25) is 0 Å². The number of para-hydroxylation sites is 1. The van der Waals surface area contributed by atoms with Crippen LogP contribution < -0.4 is 10.5 Å². The van der Waals surface area contributed by atoms with Crippen molar-refractivity contribution >= 4 is 44.2 Å². The second kappa shape index (κ2) is 8.03. The molecule has 2 aliphatic rings. The van der Waals surface area contributed by atoms with E-state index in [1.807, 2.05) is 30.3 Å². The normalized spacial score (nSPS) is 14.8. The van der Waals surface area contributed by atoms with Gasteiger partial charge in [0, 0.05) is 35.3 Å². The molecule has 1 N–H and O–H groups in total. The van der Waals surface area contributed by atoms with Gasteiger partial charge in [0.15, 0.2) is 0 Å². The summed E-state index contributed by atoms with van der Waals surface area (Å²) in [5.41, 5.74) is 5.97. The number of nitrogens with zero attached hydrogens (tertiary/aromatic N) is 2. The molecule has 4 heterocycles. The van der Waals surface area contributed by atoms with Crippen LogP contribution in [0.1, 0.15) is 34.3 Å². The van der Waals surface area contributed by atoms with E-state index < -0.39 is 11.6 Å². The Kier molecular flexibility index (Phi) is 4.76. The molecule has 0 bridgehead atoms. The van der Waals surface area contributed by atoms with Gasteiger partial charge in [-0.15, -0.1) is 11.3 Å². The van der Waals surface area contributed by atoms with Gasteiger partial charge in [-0.1, -0.05) is 30.3 Å². The molecule has 2 aliphatic heterocycles. The minimum absolute atomic E-state index is 0.153. The number of aromatic nitrogens is 1. The Labute approximate surface area is 210 Å². The van der Waals surface area contributed by atoms with E-state index in [9.17, 15) is 14.7 Å². The number of hydrogen-bond acceptors (Lipinski definition) is 6.